The third-order valence-corrected chi connectivity index (χ3v) is 4.66. The predicted molar refractivity (Wildman–Crippen MR) is 105 cm³/mol. The van der Waals surface area contributed by atoms with Gasteiger partial charge in [-0.3, -0.25) is 4.79 Å². The van der Waals surface area contributed by atoms with Gasteiger partial charge in [-0.05, 0) is 23.3 Å². The van der Waals surface area contributed by atoms with E-state index in [0.717, 1.165) is 5.01 Å². The lowest BCUT2D eigenvalue weighted by Crippen LogP contribution is -2.44. The van der Waals surface area contributed by atoms with E-state index in [1.54, 1.807) is 42.5 Å². The molecular formula is C22H17N3O3. The molecule has 6 nitrogen and oxygen atoms in total. The van der Waals surface area contributed by atoms with Crippen molar-refractivity contribution in [1.82, 2.24) is 10.3 Å². The Balaban J connectivity index is 1.79. The second-order valence-electron chi connectivity index (χ2n) is 6.33. The number of imide groups is 1. The van der Waals surface area contributed by atoms with E-state index >= 15 is 0 Å². The lowest BCUT2D eigenvalue weighted by Gasteiger charge is -2.27. The quantitative estimate of drug-likeness (QED) is 0.546. The van der Waals surface area contributed by atoms with Gasteiger partial charge in [0, 0.05) is 5.56 Å². The molecule has 0 radical (unpaired) electrons. The van der Waals surface area contributed by atoms with E-state index in [2.05, 4.69) is 10.4 Å². The van der Waals surface area contributed by atoms with Gasteiger partial charge in [-0.2, -0.15) is 5.10 Å². The number of carbonyl (C=O) groups is 2. The summed E-state index contributed by atoms with van der Waals surface area (Å²) in [5.41, 5.74) is 0.315. The summed E-state index contributed by atoms with van der Waals surface area (Å²) in [5.74, 6) is -0.503. The molecular weight excluding hydrogens is 354 g/mol. The van der Waals surface area contributed by atoms with E-state index in [1.807, 2.05) is 36.4 Å². The summed E-state index contributed by atoms with van der Waals surface area (Å²) in [7, 11) is 0. The van der Waals surface area contributed by atoms with Crippen molar-refractivity contribution in [2.24, 2.45) is 5.10 Å². The lowest BCUT2D eigenvalue weighted by atomic mass is 9.83. The fourth-order valence-electron chi connectivity index (χ4n) is 3.27. The fraction of sp³-hybridized carbons (Fsp3) is 0.0455. The van der Waals surface area contributed by atoms with Gasteiger partial charge < -0.3 is 10.4 Å². The standard InChI is InChI=1S/C22H17N3O3/c26-19-14-8-7-9-16(19)15-23-25-20(27)22(24-21(25)28,17-10-3-1-4-11-17)18-12-5-2-6-13-18/h1-15,26H,(H,24,28)/b23-15+. The summed E-state index contributed by atoms with van der Waals surface area (Å²) in [6, 6.07) is 24.0. The van der Waals surface area contributed by atoms with E-state index in [4.69, 9.17) is 0 Å². The van der Waals surface area contributed by atoms with Crippen molar-refractivity contribution in [3.8, 4) is 5.75 Å². The largest absolute Gasteiger partial charge is 0.507 e. The molecule has 0 saturated carbocycles. The summed E-state index contributed by atoms with van der Waals surface area (Å²) in [6.07, 6.45) is 1.29. The van der Waals surface area contributed by atoms with Crippen LogP contribution in [0.5, 0.6) is 5.75 Å². The Morgan fingerprint density at radius 1 is 0.821 bits per heavy atom. The molecule has 0 atom stereocenters. The summed E-state index contributed by atoms with van der Waals surface area (Å²) in [6.45, 7) is 0. The number of carbonyl (C=O) groups excluding carboxylic acids is 2. The molecule has 1 aliphatic rings. The molecule has 138 valence electrons. The second-order valence-corrected chi connectivity index (χ2v) is 6.33. The zero-order valence-electron chi connectivity index (χ0n) is 14.8. The zero-order chi connectivity index (χ0) is 19.6. The number of rotatable bonds is 4. The highest BCUT2D eigenvalue weighted by Gasteiger charge is 2.54. The average molecular weight is 371 g/mol. The van der Waals surface area contributed by atoms with Gasteiger partial charge >= 0.3 is 6.03 Å². The lowest BCUT2D eigenvalue weighted by molar-refractivity contribution is -0.130. The first kappa shape index (κ1) is 17.5. The third kappa shape index (κ3) is 2.81. The van der Waals surface area contributed by atoms with Crippen molar-refractivity contribution in [3.05, 3.63) is 102 Å². The molecule has 1 saturated heterocycles. The highest BCUT2D eigenvalue weighted by atomic mass is 16.3. The van der Waals surface area contributed by atoms with Crippen LogP contribution in [0.2, 0.25) is 0 Å². The Morgan fingerprint density at radius 3 is 1.93 bits per heavy atom. The van der Waals surface area contributed by atoms with Crippen LogP contribution in [0.25, 0.3) is 0 Å². The van der Waals surface area contributed by atoms with E-state index in [1.165, 1.54) is 12.3 Å². The number of para-hydroxylation sites is 1. The van der Waals surface area contributed by atoms with Crippen LogP contribution < -0.4 is 5.32 Å². The molecule has 1 fully saturated rings. The number of phenolic OH excluding ortho intramolecular Hbond substituents is 1. The van der Waals surface area contributed by atoms with Crippen LogP contribution in [0.15, 0.2) is 90.0 Å². The molecule has 3 aromatic carbocycles. The van der Waals surface area contributed by atoms with Gasteiger partial charge in [-0.1, -0.05) is 72.8 Å². The van der Waals surface area contributed by atoms with Crippen LogP contribution in [0.3, 0.4) is 0 Å². The van der Waals surface area contributed by atoms with Crippen LogP contribution in [0.1, 0.15) is 16.7 Å². The van der Waals surface area contributed by atoms with Crippen molar-refractivity contribution in [3.63, 3.8) is 0 Å². The topological polar surface area (TPSA) is 82.0 Å². The maximum atomic E-state index is 13.4. The Hall–Kier alpha value is -3.93. The minimum Gasteiger partial charge on any atom is -0.507 e. The Labute approximate surface area is 161 Å². The van der Waals surface area contributed by atoms with Crippen LogP contribution in [-0.4, -0.2) is 28.3 Å². The zero-order valence-corrected chi connectivity index (χ0v) is 14.8. The first-order valence-electron chi connectivity index (χ1n) is 8.72. The highest BCUT2D eigenvalue weighted by molar-refractivity contribution is 6.10. The van der Waals surface area contributed by atoms with Gasteiger partial charge in [0.05, 0.1) is 6.21 Å². The number of benzene rings is 3. The van der Waals surface area contributed by atoms with Gasteiger partial charge in [-0.15, -0.1) is 5.01 Å². The first-order valence-corrected chi connectivity index (χ1v) is 8.72. The Kier molecular flexibility index (Phi) is 4.37. The number of amides is 3. The van der Waals surface area contributed by atoms with E-state index in [-0.39, 0.29) is 5.75 Å². The van der Waals surface area contributed by atoms with Gasteiger partial charge in [0.2, 0.25) is 0 Å². The number of urea groups is 1. The summed E-state index contributed by atoms with van der Waals surface area (Å²) in [5, 5.41) is 17.5. The van der Waals surface area contributed by atoms with E-state index < -0.39 is 17.5 Å². The molecule has 28 heavy (non-hydrogen) atoms. The number of phenols is 1. The molecule has 2 N–H and O–H groups in total. The molecule has 0 unspecified atom stereocenters. The number of hydrogen-bond acceptors (Lipinski definition) is 4. The molecule has 0 bridgehead atoms. The van der Waals surface area contributed by atoms with E-state index in [0.29, 0.717) is 16.7 Å². The van der Waals surface area contributed by atoms with Crippen molar-refractivity contribution in [1.29, 1.82) is 0 Å². The second kappa shape index (κ2) is 7.00. The maximum absolute atomic E-state index is 13.4. The van der Waals surface area contributed by atoms with Gasteiger partial charge in [0.15, 0.2) is 5.54 Å². The molecule has 6 heteroatoms. The minimum absolute atomic E-state index is 0.00989. The molecule has 3 aromatic rings. The van der Waals surface area contributed by atoms with E-state index in [9.17, 15) is 14.7 Å². The SMILES string of the molecule is O=C1NC(c2ccccc2)(c2ccccc2)C(=O)N1/N=C/c1ccccc1O. The highest BCUT2D eigenvalue weighted by Crippen LogP contribution is 2.36. The molecule has 0 aromatic heterocycles. The number of hydrazone groups is 1. The normalized spacial score (nSPS) is 15.8. The van der Waals surface area contributed by atoms with Crippen LogP contribution in [0.4, 0.5) is 4.79 Å². The number of nitrogens with zero attached hydrogens (tertiary/aromatic N) is 2. The molecule has 0 aliphatic carbocycles. The van der Waals surface area contributed by atoms with Crippen molar-refractivity contribution < 1.29 is 14.7 Å². The molecule has 1 heterocycles. The smallest absolute Gasteiger partial charge is 0.346 e. The van der Waals surface area contributed by atoms with Gasteiger partial charge in [-0.25, -0.2) is 4.79 Å². The Bertz CT molecular complexity index is 1010. The van der Waals surface area contributed by atoms with Crippen molar-refractivity contribution >= 4 is 18.2 Å². The summed E-state index contributed by atoms with van der Waals surface area (Å²) < 4.78 is 0. The number of hydrogen-bond donors (Lipinski definition) is 2. The molecule has 0 spiro atoms. The van der Waals surface area contributed by atoms with Crippen LogP contribution >= 0.6 is 0 Å². The average Bonchev–Trinajstić information content (AvgIpc) is 3.00. The molecule has 4 rings (SSSR count). The molecule has 3 amide bonds. The predicted octanol–water partition coefficient (Wildman–Crippen LogP) is 3.22. The summed E-state index contributed by atoms with van der Waals surface area (Å²) >= 11 is 0. The monoisotopic (exact) mass is 371 g/mol. The number of aromatic hydroxyl groups is 1. The van der Waals surface area contributed by atoms with Gasteiger partial charge in [0.25, 0.3) is 5.91 Å². The Morgan fingerprint density at radius 2 is 1.36 bits per heavy atom. The van der Waals surface area contributed by atoms with Crippen molar-refractivity contribution in [2.45, 2.75) is 5.54 Å². The third-order valence-electron chi connectivity index (χ3n) is 4.66. The van der Waals surface area contributed by atoms with Crippen LogP contribution in [0, 0.1) is 0 Å². The first-order chi connectivity index (χ1) is 13.6. The van der Waals surface area contributed by atoms with Crippen molar-refractivity contribution in [2.75, 3.05) is 0 Å². The van der Waals surface area contributed by atoms with Gasteiger partial charge in [0.1, 0.15) is 5.75 Å². The fourth-order valence-corrected chi connectivity index (χ4v) is 3.27. The number of nitrogens with one attached hydrogen (secondary N) is 1. The maximum Gasteiger partial charge on any atom is 0.346 e. The minimum atomic E-state index is -1.37. The summed E-state index contributed by atoms with van der Waals surface area (Å²) in [4.78, 5) is 26.1. The molecule has 1 aliphatic heterocycles. The van der Waals surface area contributed by atoms with Crippen LogP contribution in [-0.2, 0) is 10.3 Å².